The van der Waals surface area contributed by atoms with Crippen LogP contribution in [0.3, 0.4) is 0 Å². The monoisotopic (exact) mass is 299 g/mol. The summed E-state index contributed by atoms with van der Waals surface area (Å²) in [6.45, 7) is 5.69. The molecular weight excluding hydrogens is 278 g/mol. The Morgan fingerprint density at radius 2 is 2.10 bits per heavy atom. The van der Waals surface area contributed by atoms with E-state index in [1.807, 2.05) is 6.92 Å². The highest BCUT2D eigenvalue weighted by molar-refractivity contribution is 6.32. The third kappa shape index (κ3) is 3.87. The first-order valence-corrected chi connectivity index (χ1v) is 7.21. The van der Waals surface area contributed by atoms with Gasteiger partial charge in [0.15, 0.2) is 0 Å². The van der Waals surface area contributed by atoms with Crippen molar-refractivity contribution in [1.29, 1.82) is 0 Å². The maximum Gasteiger partial charge on any atom is 0.309 e. The molecule has 1 aromatic carbocycles. The van der Waals surface area contributed by atoms with Crippen molar-refractivity contribution in [3.8, 4) is 0 Å². The van der Waals surface area contributed by atoms with E-state index in [1.54, 1.807) is 26.0 Å². The first-order chi connectivity index (χ1) is 9.42. The zero-order valence-corrected chi connectivity index (χ0v) is 12.9. The second-order valence-corrected chi connectivity index (χ2v) is 5.15. The maximum absolute atomic E-state index is 11.9. The molecule has 4 nitrogen and oxygen atoms in total. The molecule has 0 radical (unpaired) electrons. The molecule has 0 spiro atoms. The summed E-state index contributed by atoms with van der Waals surface area (Å²) < 4.78 is 5.05. The summed E-state index contributed by atoms with van der Waals surface area (Å²) in [5, 5.41) is 10.1. The lowest BCUT2D eigenvalue weighted by Crippen LogP contribution is -2.20. The van der Waals surface area contributed by atoms with E-state index < -0.39 is 6.10 Å². The second kappa shape index (κ2) is 7.50. The van der Waals surface area contributed by atoms with Crippen LogP contribution in [0, 0.1) is 5.92 Å². The lowest BCUT2D eigenvalue weighted by Gasteiger charge is -2.18. The van der Waals surface area contributed by atoms with Gasteiger partial charge in [-0.3, -0.25) is 4.79 Å². The van der Waals surface area contributed by atoms with E-state index in [0.717, 1.165) is 0 Å². The van der Waals surface area contributed by atoms with Gasteiger partial charge in [-0.1, -0.05) is 24.6 Å². The van der Waals surface area contributed by atoms with Gasteiger partial charge in [0.2, 0.25) is 0 Å². The van der Waals surface area contributed by atoms with Crippen LogP contribution in [0.2, 0.25) is 5.02 Å². The number of aliphatic hydroxyl groups excluding tert-OH is 1. The molecule has 0 bridgehead atoms. The maximum atomic E-state index is 11.9. The smallest absolute Gasteiger partial charge is 0.309 e. The molecule has 0 aliphatic rings. The number of halogens is 1. The van der Waals surface area contributed by atoms with E-state index in [4.69, 9.17) is 22.1 Å². The van der Waals surface area contributed by atoms with Crippen molar-refractivity contribution < 1.29 is 14.6 Å². The van der Waals surface area contributed by atoms with Crippen LogP contribution in [-0.2, 0) is 16.0 Å². The van der Waals surface area contributed by atoms with Crippen LogP contribution in [0.5, 0.6) is 0 Å². The molecule has 112 valence electrons. The Morgan fingerprint density at radius 1 is 1.45 bits per heavy atom. The van der Waals surface area contributed by atoms with Crippen molar-refractivity contribution >= 4 is 23.3 Å². The van der Waals surface area contributed by atoms with Crippen molar-refractivity contribution in [2.24, 2.45) is 5.92 Å². The topological polar surface area (TPSA) is 72.5 Å². The first-order valence-electron chi connectivity index (χ1n) is 6.83. The summed E-state index contributed by atoms with van der Waals surface area (Å²) in [7, 11) is 0. The summed E-state index contributed by atoms with van der Waals surface area (Å²) >= 11 is 6.30. The molecule has 0 aliphatic heterocycles. The van der Waals surface area contributed by atoms with Crippen LogP contribution in [0.15, 0.2) is 12.1 Å². The zero-order chi connectivity index (χ0) is 15.3. The lowest BCUT2D eigenvalue weighted by molar-refractivity contribution is -0.148. The van der Waals surface area contributed by atoms with Gasteiger partial charge in [0, 0.05) is 5.69 Å². The van der Waals surface area contributed by atoms with E-state index in [-0.39, 0.29) is 11.9 Å². The molecule has 1 rings (SSSR count). The SMILES string of the molecule is CCOC(=O)C(CC)Cc1c(N)ccc(C(C)O)c1Cl. The van der Waals surface area contributed by atoms with E-state index >= 15 is 0 Å². The molecule has 1 aromatic rings. The van der Waals surface area contributed by atoms with Crippen LogP contribution in [0.25, 0.3) is 0 Å². The minimum absolute atomic E-state index is 0.243. The number of benzene rings is 1. The van der Waals surface area contributed by atoms with Crippen LogP contribution >= 0.6 is 11.6 Å². The van der Waals surface area contributed by atoms with Gasteiger partial charge in [0.25, 0.3) is 0 Å². The zero-order valence-electron chi connectivity index (χ0n) is 12.1. The normalized spacial score (nSPS) is 13.8. The van der Waals surface area contributed by atoms with Gasteiger partial charge < -0.3 is 15.6 Å². The highest BCUT2D eigenvalue weighted by atomic mass is 35.5. The third-order valence-electron chi connectivity index (χ3n) is 3.32. The molecule has 3 N–H and O–H groups in total. The standard InChI is InChI=1S/C15H22ClNO3/c1-4-10(15(19)20-5-2)8-12-13(17)7-6-11(9(3)18)14(12)16/h6-7,9-10,18H,4-5,8,17H2,1-3H3. The minimum atomic E-state index is -0.676. The number of nitrogen functional groups attached to an aromatic ring is 1. The summed E-state index contributed by atoms with van der Waals surface area (Å²) in [6, 6.07) is 3.41. The molecule has 0 fully saturated rings. The van der Waals surface area contributed by atoms with Gasteiger partial charge in [0.05, 0.1) is 23.7 Å². The number of hydrogen-bond donors (Lipinski definition) is 2. The van der Waals surface area contributed by atoms with Crippen molar-refractivity contribution in [1.82, 2.24) is 0 Å². The molecule has 0 amide bonds. The first kappa shape index (κ1) is 16.8. The van der Waals surface area contributed by atoms with Gasteiger partial charge in [0.1, 0.15) is 0 Å². The number of nitrogens with two attached hydrogens (primary N) is 1. The highest BCUT2D eigenvalue weighted by Gasteiger charge is 2.22. The number of aliphatic hydroxyl groups is 1. The molecule has 5 heteroatoms. The van der Waals surface area contributed by atoms with E-state index in [1.165, 1.54) is 0 Å². The van der Waals surface area contributed by atoms with Gasteiger partial charge in [-0.25, -0.2) is 0 Å². The Bertz CT molecular complexity index is 474. The van der Waals surface area contributed by atoms with Gasteiger partial charge >= 0.3 is 5.97 Å². The van der Waals surface area contributed by atoms with Crippen molar-refractivity contribution in [3.63, 3.8) is 0 Å². The number of carbonyl (C=O) groups excluding carboxylic acids is 1. The fourth-order valence-electron chi connectivity index (χ4n) is 2.09. The lowest BCUT2D eigenvalue weighted by atomic mass is 9.93. The predicted octanol–water partition coefficient (Wildman–Crippen LogP) is 3.11. The third-order valence-corrected chi connectivity index (χ3v) is 3.77. The average molecular weight is 300 g/mol. The average Bonchev–Trinajstić information content (AvgIpc) is 2.38. The Labute approximate surface area is 124 Å². The molecule has 20 heavy (non-hydrogen) atoms. The van der Waals surface area contributed by atoms with Gasteiger partial charge in [-0.05, 0) is 43.9 Å². The molecule has 0 aliphatic carbocycles. The van der Waals surface area contributed by atoms with Crippen LogP contribution < -0.4 is 5.73 Å². The fraction of sp³-hybridized carbons (Fsp3) is 0.533. The highest BCUT2D eigenvalue weighted by Crippen LogP contribution is 2.32. The molecule has 0 saturated carbocycles. The van der Waals surface area contributed by atoms with Gasteiger partial charge in [-0.2, -0.15) is 0 Å². The molecule has 2 atom stereocenters. The number of esters is 1. The van der Waals surface area contributed by atoms with Crippen LogP contribution in [0.1, 0.15) is 44.4 Å². The number of anilines is 1. The molecule has 0 saturated heterocycles. The van der Waals surface area contributed by atoms with Crippen LogP contribution in [-0.4, -0.2) is 17.7 Å². The predicted molar refractivity (Wildman–Crippen MR) is 80.6 cm³/mol. The van der Waals surface area contributed by atoms with Gasteiger partial charge in [-0.15, -0.1) is 0 Å². The largest absolute Gasteiger partial charge is 0.466 e. The summed E-state index contributed by atoms with van der Waals surface area (Å²) in [6.07, 6.45) is 0.387. The quantitative estimate of drug-likeness (QED) is 0.625. The van der Waals surface area contributed by atoms with Crippen LogP contribution in [0.4, 0.5) is 5.69 Å². The minimum Gasteiger partial charge on any atom is -0.466 e. The van der Waals surface area contributed by atoms with E-state index in [0.29, 0.717) is 41.3 Å². The van der Waals surface area contributed by atoms with E-state index in [9.17, 15) is 9.90 Å². The van der Waals surface area contributed by atoms with Crippen molar-refractivity contribution in [2.45, 2.75) is 39.7 Å². The Kier molecular flexibility index (Phi) is 6.30. The molecule has 0 aromatic heterocycles. The molecule has 0 heterocycles. The summed E-state index contributed by atoms with van der Waals surface area (Å²) in [5.41, 5.74) is 7.80. The summed E-state index contributed by atoms with van der Waals surface area (Å²) in [4.78, 5) is 11.9. The Balaban J connectivity index is 3.06. The number of rotatable bonds is 6. The van der Waals surface area contributed by atoms with Crippen molar-refractivity contribution in [3.05, 3.63) is 28.3 Å². The fourth-order valence-corrected chi connectivity index (χ4v) is 2.49. The summed E-state index contributed by atoms with van der Waals surface area (Å²) in [5.74, 6) is -0.521. The molecule has 2 unspecified atom stereocenters. The number of hydrogen-bond acceptors (Lipinski definition) is 4. The molecular formula is C15H22ClNO3. The second-order valence-electron chi connectivity index (χ2n) is 4.77. The number of carbonyl (C=O) groups is 1. The number of ether oxygens (including phenoxy) is 1. The Hall–Kier alpha value is -1.26. The van der Waals surface area contributed by atoms with Crippen molar-refractivity contribution in [2.75, 3.05) is 12.3 Å². The van der Waals surface area contributed by atoms with E-state index in [2.05, 4.69) is 0 Å². The Morgan fingerprint density at radius 3 is 2.60 bits per heavy atom.